The summed E-state index contributed by atoms with van der Waals surface area (Å²) >= 11 is 0. The number of anilines is 1. The lowest BCUT2D eigenvalue weighted by atomic mass is 9.88. The summed E-state index contributed by atoms with van der Waals surface area (Å²) in [6.45, 7) is 4.37. The number of benzene rings is 3. The molecule has 0 saturated carbocycles. The minimum atomic E-state index is -1.90. The van der Waals surface area contributed by atoms with E-state index in [0.717, 1.165) is 16.7 Å². The number of amides is 1. The maximum Gasteiger partial charge on any atom is 0.264 e. The maximum absolute atomic E-state index is 13.4. The van der Waals surface area contributed by atoms with Gasteiger partial charge in [0.15, 0.2) is 11.4 Å². The SMILES string of the molecule is COc1ccc(C(=O)C[C@]2(O)C(=O)N(Cc3ccc(C)cc3C)c3ccccc32)cc1. The molecule has 1 amide bonds. The van der Waals surface area contributed by atoms with Crippen molar-refractivity contribution in [3.63, 3.8) is 0 Å². The van der Waals surface area contributed by atoms with Crippen LogP contribution >= 0.6 is 0 Å². The molecule has 0 aromatic heterocycles. The van der Waals surface area contributed by atoms with Crippen LogP contribution < -0.4 is 9.64 Å². The van der Waals surface area contributed by atoms with Gasteiger partial charge in [0.05, 0.1) is 25.8 Å². The summed E-state index contributed by atoms with van der Waals surface area (Å²) < 4.78 is 5.13. The van der Waals surface area contributed by atoms with Crippen LogP contribution in [0.1, 0.15) is 39.0 Å². The minimum absolute atomic E-state index is 0.304. The molecule has 0 bridgehead atoms. The first-order valence-electron chi connectivity index (χ1n) is 10.2. The Kier molecular flexibility index (Phi) is 5.38. The van der Waals surface area contributed by atoms with Crippen LogP contribution in [0.5, 0.6) is 5.75 Å². The maximum atomic E-state index is 13.4. The van der Waals surface area contributed by atoms with Crippen LogP contribution in [0.3, 0.4) is 0 Å². The summed E-state index contributed by atoms with van der Waals surface area (Å²) in [5, 5.41) is 11.5. The molecule has 1 atom stereocenters. The molecule has 0 aliphatic carbocycles. The van der Waals surface area contributed by atoms with Gasteiger partial charge in [0.2, 0.25) is 0 Å². The Bertz CT molecular complexity index is 1150. The van der Waals surface area contributed by atoms with Crippen molar-refractivity contribution in [1.82, 2.24) is 0 Å². The highest BCUT2D eigenvalue weighted by Crippen LogP contribution is 2.43. The molecular formula is C26H25NO4. The molecule has 1 aliphatic heterocycles. The fourth-order valence-electron chi connectivity index (χ4n) is 4.14. The summed E-state index contributed by atoms with van der Waals surface area (Å²) in [4.78, 5) is 28.0. The van der Waals surface area contributed by atoms with Crippen molar-refractivity contribution in [2.45, 2.75) is 32.4 Å². The monoisotopic (exact) mass is 415 g/mol. The number of aryl methyl sites for hydroxylation is 2. The van der Waals surface area contributed by atoms with E-state index in [4.69, 9.17) is 4.74 Å². The van der Waals surface area contributed by atoms with Gasteiger partial charge < -0.3 is 14.7 Å². The second kappa shape index (κ2) is 8.00. The summed E-state index contributed by atoms with van der Waals surface area (Å²) in [6.07, 6.45) is -0.321. The summed E-state index contributed by atoms with van der Waals surface area (Å²) in [5.41, 5.74) is 2.86. The Morgan fingerprint density at radius 1 is 1.03 bits per heavy atom. The zero-order chi connectivity index (χ0) is 22.2. The summed E-state index contributed by atoms with van der Waals surface area (Å²) in [5.74, 6) is -0.144. The van der Waals surface area contributed by atoms with Gasteiger partial charge in [0, 0.05) is 11.1 Å². The number of carbonyl (C=O) groups excluding carboxylic acids is 2. The number of fused-ring (bicyclic) bond motifs is 1. The molecular weight excluding hydrogens is 390 g/mol. The fraction of sp³-hybridized carbons (Fsp3) is 0.231. The molecule has 0 spiro atoms. The summed E-state index contributed by atoms with van der Waals surface area (Å²) in [7, 11) is 1.55. The van der Waals surface area contributed by atoms with Crippen molar-refractivity contribution < 1.29 is 19.4 Å². The molecule has 0 saturated heterocycles. The van der Waals surface area contributed by atoms with Crippen LogP contribution in [0.2, 0.25) is 0 Å². The van der Waals surface area contributed by atoms with E-state index >= 15 is 0 Å². The normalized spacial score (nSPS) is 17.5. The Morgan fingerprint density at radius 2 is 1.74 bits per heavy atom. The predicted octanol–water partition coefficient (Wildman–Crippen LogP) is 4.32. The van der Waals surface area contributed by atoms with Crippen LogP contribution in [-0.2, 0) is 16.9 Å². The van der Waals surface area contributed by atoms with E-state index in [1.807, 2.05) is 38.1 Å². The summed E-state index contributed by atoms with van der Waals surface area (Å²) in [6, 6.07) is 19.9. The van der Waals surface area contributed by atoms with Crippen LogP contribution in [0, 0.1) is 13.8 Å². The smallest absolute Gasteiger partial charge is 0.264 e. The van der Waals surface area contributed by atoms with Gasteiger partial charge in [-0.25, -0.2) is 0 Å². The fourth-order valence-corrected chi connectivity index (χ4v) is 4.14. The predicted molar refractivity (Wildman–Crippen MR) is 119 cm³/mol. The Morgan fingerprint density at radius 3 is 2.42 bits per heavy atom. The van der Waals surface area contributed by atoms with Gasteiger partial charge in [-0.1, -0.05) is 42.0 Å². The number of ketones is 1. The van der Waals surface area contributed by atoms with E-state index in [2.05, 4.69) is 6.07 Å². The molecule has 0 radical (unpaired) electrons. The second-order valence-electron chi connectivity index (χ2n) is 8.03. The average molecular weight is 415 g/mol. The Hall–Kier alpha value is -3.44. The van der Waals surface area contributed by atoms with Crippen LogP contribution in [-0.4, -0.2) is 23.9 Å². The van der Waals surface area contributed by atoms with E-state index in [1.165, 1.54) is 0 Å². The number of para-hydroxylation sites is 1. The third kappa shape index (κ3) is 3.73. The molecule has 5 nitrogen and oxygen atoms in total. The lowest BCUT2D eigenvalue weighted by Gasteiger charge is -2.23. The van der Waals surface area contributed by atoms with Gasteiger partial charge in [-0.3, -0.25) is 9.59 Å². The van der Waals surface area contributed by atoms with Gasteiger partial charge in [-0.15, -0.1) is 0 Å². The highest BCUT2D eigenvalue weighted by atomic mass is 16.5. The lowest BCUT2D eigenvalue weighted by Crippen LogP contribution is -2.41. The molecule has 0 unspecified atom stereocenters. The van der Waals surface area contributed by atoms with Gasteiger partial charge in [0.1, 0.15) is 5.75 Å². The molecule has 158 valence electrons. The second-order valence-corrected chi connectivity index (χ2v) is 8.03. The zero-order valence-corrected chi connectivity index (χ0v) is 17.9. The number of hydrogen-bond acceptors (Lipinski definition) is 4. The van der Waals surface area contributed by atoms with E-state index < -0.39 is 11.5 Å². The van der Waals surface area contributed by atoms with E-state index in [0.29, 0.717) is 29.1 Å². The zero-order valence-electron chi connectivity index (χ0n) is 17.9. The van der Waals surface area contributed by atoms with Gasteiger partial charge >= 0.3 is 0 Å². The molecule has 1 heterocycles. The van der Waals surface area contributed by atoms with E-state index in [9.17, 15) is 14.7 Å². The van der Waals surface area contributed by atoms with Crippen LogP contribution in [0.25, 0.3) is 0 Å². The van der Waals surface area contributed by atoms with Crippen LogP contribution in [0.15, 0.2) is 66.7 Å². The number of Topliss-reactive ketones (excluding diaryl/α,β-unsaturated/α-hetero) is 1. The van der Waals surface area contributed by atoms with Crippen molar-refractivity contribution in [2.24, 2.45) is 0 Å². The first-order valence-corrected chi connectivity index (χ1v) is 10.2. The molecule has 1 aliphatic rings. The van der Waals surface area contributed by atoms with E-state index in [1.54, 1.807) is 48.4 Å². The largest absolute Gasteiger partial charge is 0.497 e. The molecule has 3 aromatic rings. The number of methoxy groups -OCH3 is 1. The quantitative estimate of drug-likeness (QED) is 0.609. The van der Waals surface area contributed by atoms with Gasteiger partial charge in [0.25, 0.3) is 5.91 Å². The van der Waals surface area contributed by atoms with Crippen molar-refractivity contribution in [3.05, 3.63) is 94.5 Å². The molecule has 5 heteroatoms. The highest BCUT2D eigenvalue weighted by molar-refractivity contribution is 6.10. The number of rotatable bonds is 6. The van der Waals surface area contributed by atoms with Crippen molar-refractivity contribution in [3.8, 4) is 5.75 Å². The average Bonchev–Trinajstić information content (AvgIpc) is 2.97. The topological polar surface area (TPSA) is 66.8 Å². The molecule has 1 N–H and O–H groups in total. The van der Waals surface area contributed by atoms with Gasteiger partial charge in [-0.05, 0) is 55.3 Å². The van der Waals surface area contributed by atoms with Crippen molar-refractivity contribution in [2.75, 3.05) is 12.0 Å². The molecule has 4 rings (SSSR count). The Labute approximate surface area is 181 Å². The molecule has 31 heavy (non-hydrogen) atoms. The number of nitrogens with zero attached hydrogens (tertiary/aromatic N) is 1. The van der Waals surface area contributed by atoms with Crippen LogP contribution in [0.4, 0.5) is 5.69 Å². The lowest BCUT2D eigenvalue weighted by molar-refractivity contribution is -0.136. The minimum Gasteiger partial charge on any atom is -0.497 e. The highest BCUT2D eigenvalue weighted by Gasteiger charge is 2.50. The molecule has 0 fully saturated rings. The van der Waals surface area contributed by atoms with Crippen molar-refractivity contribution in [1.29, 1.82) is 0 Å². The number of aliphatic hydroxyl groups is 1. The number of carbonyl (C=O) groups is 2. The van der Waals surface area contributed by atoms with Gasteiger partial charge in [-0.2, -0.15) is 0 Å². The van der Waals surface area contributed by atoms with Crippen molar-refractivity contribution >= 4 is 17.4 Å². The first-order chi connectivity index (χ1) is 14.8. The third-order valence-electron chi connectivity index (χ3n) is 5.89. The molecule has 3 aromatic carbocycles. The first kappa shape index (κ1) is 20.8. The third-order valence-corrected chi connectivity index (χ3v) is 5.89. The number of hydrogen-bond donors (Lipinski definition) is 1. The Balaban J connectivity index is 1.66. The van der Waals surface area contributed by atoms with E-state index in [-0.39, 0.29) is 12.2 Å². The number of ether oxygens (including phenoxy) is 1. The standard InChI is InChI=1S/C26H25NO4/c1-17-8-9-20(18(2)14-17)16-27-23-7-5-4-6-22(23)26(30,25(27)29)15-24(28)19-10-12-21(31-3)13-11-19/h4-14,30H,15-16H2,1-3H3/t26-/m1/s1.